The second kappa shape index (κ2) is 8.03. The Morgan fingerprint density at radius 2 is 1.82 bits per heavy atom. The smallest absolute Gasteiger partial charge is 0.0897 e. The van der Waals surface area contributed by atoms with Crippen LogP contribution in [0.5, 0.6) is 0 Å². The van der Waals surface area contributed by atoms with Crippen molar-refractivity contribution in [3.05, 3.63) is 0 Å². The third-order valence-electron chi connectivity index (χ3n) is 2.31. The van der Waals surface area contributed by atoms with Gasteiger partial charge in [-0.1, -0.05) is 13.8 Å². The van der Waals surface area contributed by atoms with Crippen molar-refractivity contribution in [1.82, 2.24) is 5.32 Å². The van der Waals surface area contributed by atoms with E-state index < -0.39 is 11.7 Å². The van der Waals surface area contributed by atoms with Crippen LogP contribution in [-0.4, -0.2) is 47.7 Å². The van der Waals surface area contributed by atoms with Crippen LogP contribution in [0.15, 0.2) is 0 Å². The first-order valence-electron chi connectivity index (χ1n) is 6.43. The van der Waals surface area contributed by atoms with E-state index in [1.807, 2.05) is 6.92 Å². The number of hydrogen-bond acceptors (Lipinski definition) is 4. The molecule has 0 fully saturated rings. The van der Waals surface area contributed by atoms with E-state index in [1.54, 1.807) is 13.8 Å². The molecule has 0 aromatic carbocycles. The van der Waals surface area contributed by atoms with E-state index in [-0.39, 0.29) is 6.10 Å². The minimum absolute atomic E-state index is 0.180. The van der Waals surface area contributed by atoms with Crippen molar-refractivity contribution in [2.75, 3.05) is 19.7 Å². The van der Waals surface area contributed by atoms with E-state index >= 15 is 0 Å². The third kappa shape index (κ3) is 12.1. The lowest BCUT2D eigenvalue weighted by Gasteiger charge is -2.21. The van der Waals surface area contributed by atoms with Crippen LogP contribution in [0.3, 0.4) is 0 Å². The van der Waals surface area contributed by atoms with Crippen molar-refractivity contribution in [2.24, 2.45) is 5.92 Å². The lowest BCUT2D eigenvalue weighted by Crippen LogP contribution is -2.40. The third-order valence-corrected chi connectivity index (χ3v) is 2.31. The molecule has 0 heterocycles. The summed E-state index contributed by atoms with van der Waals surface area (Å²) in [6.07, 6.45) is 0.662. The lowest BCUT2D eigenvalue weighted by molar-refractivity contribution is -0.0107. The molecule has 0 radical (unpaired) electrons. The summed E-state index contributed by atoms with van der Waals surface area (Å²) in [6, 6.07) is 0. The zero-order valence-electron chi connectivity index (χ0n) is 11.9. The molecule has 104 valence electrons. The summed E-state index contributed by atoms with van der Waals surface area (Å²) in [4.78, 5) is 0. The number of nitrogens with one attached hydrogen (secondary N) is 1. The number of hydrogen-bond donors (Lipinski definition) is 3. The van der Waals surface area contributed by atoms with Crippen molar-refractivity contribution in [2.45, 2.75) is 58.8 Å². The predicted molar refractivity (Wildman–Crippen MR) is 70.0 cm³/mol. The quantitative estimate of drug-likeness (QED) is 0.572. The molecule has 2 atom stereocenters. The minimum atomic E-state index is -0.745. The monoisotopic (exact) mass is 247 g/mol. The first-order valence-corrected chi connectivity index (χ1v) is 6.43. The molecule has 3 N–H and O–H groups in total. The highest BCUT2D eigenvalue weighted by Crippen LogP contribution is 2.07. The van der Waals surface area contributed by atoms with Crippen LogP contribution >= 0.6 is 0 Å². The fourth-order valence-electron chi connectivity index (χ4n) is 1.61. The fourth-order valence-corrected chi connectivity index (χ4v) is 1.61. The standard InChI is InChI=1S/C13H29NO3/c1-10(2)6-11(3)17-8-12(15)7-14-9-13(4,5)16/h10-12,14-16H,6-9H2,1-5H3. The molecule has 0 rings (SSSR count). The zero-order chi connectivity index (χ0) is 13.5. The molecule has 0 aromatic heterocycles. The van der Waals surface area contributed by atoms with E-state index in [0.29, 0.717) is 25.6 Å². The van der Waals surface area contributed by atoms with Crippen LogP contribution < -0.4 is 5.32 Å². The Labute approximate surface area is 105 Å². The second-order valence-corrected chi connectivity index (χ2v) is 5.87. The number of aliphatic hydroxyl groups is 2. The molecule has 0 saturated carbocycles. The Morgan fingerprint density at radius 3 is 2.29 bits per heavy atom. The van der Waals surface area contributed by atoms with Gasteiger partial charge in [-0.15, -0.1) is 0 Å². The number of rotatable bonds is 9. The molecule has 0 saturated heterocycles. The molecule has 0 aliphatic heterocycles. The van der Waals surface area contributed by atoms with E-state index in [1.165, 1.54) is 0 Å². The zero-order valence-corrected chi connectivity index (χ0v) is 11.9. The number of aliphatic hydroxyl groups excluding tert-OH is 1. The summed E-state index contributed by atoms with van der Waals surface area (Å²) in [5, 5.41) is 22.1. The minimum Gasteiger partial charge on any atom is -0.389 e. The van der Waals surface area contributed by atoms with Crippen LogP contribution in [0.4, 0.5) is 0 Å². The van der Waals surface area contributed by atoms with Gasteiger partial charge in [-0.3, -0.25) is 0 Å². The Bertz CT molecular complexity index is 190. The van der Waals surface area contributed by atoms with Crippen LogP contribution in [0, 0.1) is 5.92 Å². The predicted octanol–water partition coefficient (Wildman–Crippen LogP) is 1.16. The van der Waals surface area contributed by atoms with Crippen molar-refractivity contribution in [3.63, 3.8) is 0 Å². The van der Waals surface area contributed by atoms with Gasteiger partial charge in [0, 0.05) is 13.1 Å². The second-order valence-electron chi connectivity index (χ2n) is 5.87. The molecule has 17 heavy (non-hydrogen) atoms. The van der Waals surface area contributed by atoms with Gasteiger partial charge < -0.3 is 20.3 Å². The Balaban J connectivity index is 3.56. The van der Waals surface area contributed by atoms with Crippen LogP contribution in [-0.2, 0) is 4.74 Å². The highest BCUT2D eigenvalue weighted by atomic mass is 16.5. The highest BCUT2D eigenvalue weighted by Gasteiger charge is 2.13. The van der Waals surface area contributed by atoms with Crippen LogP contribution in [0.1, 0.15) is 41.0 Å². The van der Waals surface area contributed by atoms with Gasteiger partial charge in [-0.05, 0) is 33.1 Å². The first kappa shape index (κ1) is 16.8. The largest absolute Gasteiger partial charge is 0.389 e. The maximum atomic E-state index is 9.66. The van der Waals surface area contributed by atoms with Gasteiger partial charge in [0.1, 0.15) is 0 Å². The van der Waals surface area contributed by atoms with Gasteiger partial charge in [0.15, 0.2) is 0 Å². The Hall–Kier alpha value is -0.160. The molecular formula is C13H29NO3. The van der Waals surface area contributed by atoms with Crippen molar-refractivity contribution >= 4 is 0 Å². The van der Waals surface area contributed by atoms with Gasteiger partial charge in [0.25, 0.3) is 0 Å². The molecule has 0 bridgehead atoms. The SMILES string of the molecule is CC(C)CC(C)OCC(O)CNCC(C)(C)O. The molecule has 2 unspecified atom stereocenters. The molecule has 0 aliphatic rings. The molecule has 0 spiro atoms. The van der Waals surface area contributed by atoms with Crippen molar-refractivity contribution in [1.29, 1.82) is 0 Å². The fraction of sp³-hybridized carbons (Fsp3) is 1.00. The topological polar surface area (TPSA) is 61.7 Å². The van der Waals surface area contributed by atoms with Crippen LogP contribution in [0.25, 0.3) is 0 Å². The van der Waals surface area contributed by atoms with Gasteiger partial charge in [0.2, 0.25) is 0 Å². The summed E-state index contributed by atoms with van der Waals surface area (Å²) in [5.41, 5.74) is -0.745. The maximum absolute atomic E-state index is 9.66. The highest BCUT2D eigenvalue weighted by molar-refractivity contribution is 4.70. The average Bonchev–Trinajstić information content (AvgIpc) is 2.11. The van der Waals surface area contributed by atoms with Crippen molar-refractivity contribution < 1.29 is 14.9 Å². The summed E-state index contributed by atoms with van der Waals surface area (Å²) in [7, 11) is 0. The summed E-state index contributed by atoms with van der Waals surface area (Å²) in [6.45, 7) is 11.0. The normalized spacial score (nSPS) is 16.2. The number of ether oxygens (including phenoxy) is 1. The van der Waals surface area contributed by atoms with Gasteiger partial charge in [0.05, 0.1) is 24.4 Å². The molecule has 4 heteroatoms. The molecule has 0 aromatic rings. The molecule has 0 amide bonds. The van der Waals surface area contributed by atoms with Crippen LogP contribution in [0.2, 0.25) is 0 Å². The molecule has 4 nitrogen and oxygen atoms in total. The van der Waals surface area contributed by atoms with Crippen molar-refractivity contribution in [3.8, 4) is 0 Å². The van der Waals surface area contributed by atoms with Gasteiger partial charge >= 0.3 is 0 Å². The van der Waals surface area contributed by atoms with E-state index in [0.717, 1.165) is 6.42 Å². The molecular weight excluding hydrogens is 218 g/mol. The Morgan fingerprint density at radius 1 is 1.24 bits per heavy atom. The lowest BCUT2D eigenvalue weighted by atomic mass is 10.1. The molecule has 0 aliphatic carbocycles. The average molecular weight is 247 g/mol. The summed E-state index contributed by atoms with van der Waals surface area (Å²) in [5.74, 6) is 0.607. The van der Waals surface area contributed by atoms with E-state index in [2.05, 4.69) is 19.2 Å². The van der Waals surface area contributed by atoms with E-state index in [9.17, 15) is 10.2 Å². The Kier molecular flexibility index (Phi) is 7.96. The van der Waals surface area contributed by atoms with Gasteiger partial charge in [-0.2, -0.15) is 0 Å². The van der Waals surface area contributed by atoms with E-state index in [4.69, 9.17) is 4.74 Å². The maximum Gasteiger partial charge on any atom is 0.0897 e. The first-order chi connectivity index (χ1) is 7.70. The summed E-state index contributed by atoms with van der Waals surface area (Å²) >= 11 is 0. The van der Waals surface area contributed by atoms with Gasteiger partial charge in [-0.25, -0.2) is 0 Å². The summed E-state index contributed by atoms with van der Waals surface area (Å²) < 4.78 is 5.54.